The van der Waals surface area contributed by atoms with Crippen molar-refractivity contribution in [1.82, 2.24) is 9.97 Å². The van der Waals surface area contributed by atoms with Crippen molar-refractivity contribution in [2.24, 2.45) is 0 Å². The van der Waals surface area contributed by atoms with Gasteiger partial charge in [-0.05, 0) is 19.3 Å². The van der Waals surface area contributed by atoms with Crippen molar-refractivity contribution in [3.8, 4) is 0 Å². The van der Waals surface area contributed by atoms with Crippen LogP contribution in [0.4, 0.5) is 17.3 Å². The van der Waals surface area contributed by atoms with Crippen LogP contribution in [0.3, 0.4) is 0 Å². The average Bonchev–Trinajstić information content (AvgIpc) is 2.90. The molecule has 0 aromatic carbocycles. The molecule has 0 spiro atoms. The van der Waals surface area contributed by atoms with Gasteiger partial charge in [-0.15, -0.1) is 0 Å². The van der Waals surface area contributed by atoms with Crippen LogP contribution in [0.25, 0.3) is 0 Å². The molecule has 0 bridgehead atoms. The maximum Gasteiger partial charge on any atom is 0.157 e. The van der Waals surface area contributed by atoms with Gasteiger partial charge in [0.1, 0.15) is 12.0 Å². The molecule has 5 heteroatoms. The first-order valence-corrected chi connectivity index (χ1v) is 6.80. The Labute approximate surface area is 109 Å². The van der Waals surface area contributed by atoms with Crippen LogP contribution in [0.1, 0.15) is 32.6 Å². The topological polar surface area (TPSA) is 58.3 Å². The molecule has 1 aliphatic heterocycles. The molecular formula is C13H23N5. The molecule has 5 nitrogen and oxygen atoms in total. The number of hydrogen-bond donors (Lipinski definition) is 1. The smallest absolute Gasteiger partial charge is 0.157 e. The standard InChI is InChI=1S/C13H23N5/c1-3-4-7-17(2)12-11(14)13(16-10-15-12)18-8-5-6-9-18/h10H,3-9,14H2,1-2H3. The van der Waals surface area contributed by atoms with E-state index in [1.54, 1.807) is 6.33 Å². The molecule has 1 aliphatic rings. The lowest BCUT2D eigenvalue weighted by Gasteiger charge is -2.23. The predicted molar refractivity (Wildman–Crippen MR) is 76.1 cm³/mol. The number of anilines is 3. The zero-order valence-electron chi connectivity index (χ0n) is 11.4. The summed E-state index contributed by atoms with van der Waals surface area (Å²) in [7, 11) is 2.04. The first-order chi connectivity index (χ1) is 8.74. The number of nitrogens with zero attached hydrogens (tertiary/aromatic N) is 4. The maximum atomic E-state index is 6.23. The molecular weight excluding hydrogens is 226 g/mol. The van der Waals surface area contributed by atoms with E-state index in [9.17, 15) is 0 Å². The Morgan fingerprint density at radius 3 is 2.72 bits per heavy atom. The van der Waals surface area contributed by atoms with Crippen molar-refractivity contribution in [3.05, 3.63) is 6.33 Å². The second kappa shape index (κ2) is 5.89. The number of hydrogen-bond acceptors (Lipinski definition) is 5. The van der Waals surface area contributed by atoms with E-state index in [1.807, 2.05) is 7.05 Å². The molecule has 2 rings (SSSR count). The number of nitrogen functional groups attached to an aromatic ring is 1. The summed E-state index contributed by atoms with van der Waals surface area (Å²) in [6.45, 7) is 5.28. The van der Waals surface area contributed by atoms with Crippen LogP contribution in [-0.2, 0) is 0 Å². The molecule has 0 unspecified atom stereocenters. The van der Waals surface area contributed by atoms with E-state index in [4.69, 9.17) is 5.73 Å². The van der Waals surface area contributed by atoms with E-state index < -0.39 is 0 Å². The molecule has 1 aromatic heterocycles. The van der Waals surface area contributed by atoms with Crippen molar-refractivity contribution in [2.75, 3.05) is 42.2 Å². The molecule has 0 radical (unpaired) electrons. The summed E-state index contributed by atoms with van der Waals surface area (Å²) in [5.74, 6) is 1.76. The quantitative estimate of drug-likeness (QED) is 0.863. The first-order valence-electron chi connectivity index (χ1n) is 6.80. The van der Waals surface area contributed by atoms with Gasteiger partial charge in [0, 0.05) is 26.7 Å². The molecule has 1 fully saturated rings. The Bertz CT molecular complexity index is 387. The summed E-state index contributed by atoms with van der Waals surface area (Å²) in [5.41, 5.74) is 6.95. The van der Waals surface area contributed by atoms with Crippen molar-refractivity contribution in [1.29, 1.82) is 0 Å². The third kappa shape index (κ3) is 2.66. The van der Waals surface area contributed by atoms with Gasteiger partial charge in [-0.2, -0.15) is 0 Å². The van der Waals surface area contributed by atoms with Gasteiger partial charge in [-0.1, -0.05) is 13.3 Å². The minimum atomic E-state index is 0.720. The van der Waals surface area contributed by atoms with Gasteiger partial charge in [0.25, 0.3) is 0 Å². The summed E-state index contributed by atoms with van der Waals surface area (Å²) in [5, 5.41) is 0. The van der Waals surface area contributed by atoms with E-state index >= 15 is 0 Å². The molecule has 1 aromatic rings. The minimum Gasteiger partial charge on any atom is -0.393 e. The zero-order valence-corrected chi connectivity index (χ0v) is 11.4. The normalized spacial score (nSPS) is 15.1. The SMILES string of the molecule is CCCCN(C)c1ncnc(N2CCCC2)c1N. The van der Waals surface area contributed by atoms with Gasteiger partial charge in [0.2, 0.25) is 0 Å². The Morgan fingerprint density at radius 2 is 2.06 bits per heavy atom. The van der Waals surface area contributed by atoms with Crippen LogP contribution in [0.2, 0.25) is 0 Å². The summed E-state index contributed by atoms with van der Waals surface area (Å²) >= 11 is 0. The number of rotatable bonds is 5. The average molecular weight is 249 g/mol. The minimum absolute atomic E-state index is 0.720. The van der Waals surface area contributed by atoms with E-state index in [0.29, 0.717) is 0 Å². The summed E-state index contributed by atoms with van der Waals surface area (Å²) in [6.07, 6.45) is 6.41. The van der Waals surface area contributed by atoms with Crippen LogP contribution < -0.4 is 15.5 Å². The van der Waals surface area contributed by atoms with Gasteiger partial charge >= 0.3 is 0 Å². The number of nitrogens with two attached hydrogens (primary N) is 1. The molecule has 2 heterocycles. The lowest BCUT2D eigenvalue weighted by molar-refractivity contribution is 0.758. The molecule has 0 saturated carbocycles. The van der Waals surface area contributed by atoms with Crippen molar-refractivity contribution < 1.29 is 0 Å². The molecule has 1 saturated heterocycles. The number of aromatic nitrogens is 2. The molecule has 18 heavy (non-hydrogen) atoms. The van der Waals surface area contributed by atoms with Gasteiger partial charge in [0.05, 0.1) is 0 Å². The molecule has 0 atom stereocenters. The van der Waals surface area contributed by atoms with E-state index in [2.05, 4.69) is 26.7 Å². The highest BCUT2D eigenvalue weighted by Gasteiger charge is 2.19. The summed E-state index contributed by atoms with van der Waals surface area (Å²) in [6, 6.07) is 0. The van der Waals surface area contributed by atoms with E-state index in [-0.39, 0.29) is 0 Å². The first kappa shape index (κ1) is 12.9. The second-order valence-electron chi connectivity index (χ2n) is 4.90. The third-order valence-corrected chi connectivity index (χ3v) is 3.46. The third-order valence-electron chi connectivity index (χ3n) is 3.46. The van der Waals surface area contributed by atoms with E-state index in [1.165, 1.54) is 19.3 Å². The number of unbranched alkanes of at least 4 members (excludes halogenated alkanes) is 1. The van der Waals surface area contributed by atoms with Crippen LogP contribution in [0, 0.1) is 0 Å². The van der Waals surface area contributed by atoms with Crippen LogP contribution in [-0.4, -0.2) is 36.6 Å². The largest absolute Gasteiger partial charge is 0.393 e. The highest BCUT2D eigenvalue weighted by atomic mass is 15.2. The van der Waals surface area contributed by atoms with Gasteiger partial charge in [-0.3, -0.25) is 0 Å². The zero-order chi connectivity index (χ0) is 13.0. The molecule has 0 amide bonds. The molecule has 100 valence electrons. The Morgan fingerprint density at radius 1 is 1.33 bits per heavy atom. The van der Waals surface area contributed by atoms with Gasteiger partial charge in [0.15, 0.2) is 11.6 Å². The van der Waals surface area contributed by atoms with Gasteiger partial charge in [-0.25, -0.2) is 9.97 Å². The lowest BCUT2D eigenvalue weighted by Crippen LogP contribution is -2.25. The monoisotopic (exact) mass is 249 g/mol. The van der Waals surface area contributed by atoms with Crippen molar-refractivity contribution in [3.63, 3.8) is 0 Å². The van der Waals surface area contributed by atoms with Crippen molar-refractivity contribution >= 4 is 17.3 Å². The Kier molecular flexibility index (Phi) is 4.23. The fraction of sp³-hybridized carbons (Fsp3) is 0.692. The fourth-order valence-corrected chi connectivity index (χ4v) is 2.36. The second-order valence-corrected chi connectivity index (χ2v) is 4.90. The highest BCUT2D eigenvalue weighted by molar-refractivity contribution is 5.75. The van der Waals surface area contributed by atoms with Crippen molar-refractivity contribution in [2.45, 2.75) is 32.6 Å². The summed E-state index contributed by atoms with van der Waals surface area (Å²) < 4.78 is 0. The maximum absolute atomic E-state index is 6.23. The van der Waals surface area contributed by atoms with Gasteiger partial charge < -0.3 is 15.5 Å². The lowest BCUT2D eigenvalue weighted by atomic mass is 10.3. The van der Waals surface area contributed by atoms with Crippen LogP contribution >= 0.6 is 0 Å². The van der Waals surface area contributed by atoms with E-state index in [0.717, 1.165) is 43.4 Å². The fourth-order valence-electron chi connectivity index (χ4n) is 2.36. The predicted octanol–water partition coefficient (Wildman–Crippen LogP) is 1.90. The Balaban J connectivity index is 2.18. The van der Waals surface area contributed by atoms with Crippen LogP contribution in [0.5, 0.6) is 0 Å². The van der Waals surface area contributed by atoms with Crippen LogP contribution in [0.15, 0.2) is 6.33 Å². The highest BCUT2D eigenvalue weighted by Crippen LogP contribution is 2.30. The summed E-state index contributed by atoms with van der Waals surface area (Å²) in [4.78, 5) is 13.1. The molecule has 2 N–H and O–H groups in total. The molecule has 0 aliphatic carbocycles. The Hall–Kier alpha value is -1.52.